The third-order valence-electron chi connectivity index (χ3n) is 8.85. The molecule has 0 spiro atoms. The van der Waals surface area contributed by atoms with Crippen molar-refractivity contribution in [3.05, 3.63) is 151 Å². The molecule has 0 aliphatic heterocycles. The van der Waals surface area contributed by atoms with Gasteiger partial charge in [0.2, 0.25) is 0 Å². The first kappa shape index (κ1) is 34.2. The molecule has 262 valence electrons. The molecule has 0 aliphatic rings. The normalized spacial score (nSPS) is 11.3. The van der Waals surface area contributed by atoms with Crippen LogP contribution in [0.3, 0.4) is 0 Å². The summed E-state index contributed by atoms with van der Waals surface area (Å²) < 4.78 is 0. The van der Waals surface area contributed by atoms with E-state index in [-0.39, 0.29) is 11.8 Å². The van der Waals surface area contributed by atoms with Gasteiger partial charge in [0.05, 0.1) is 0 Å². The van der Waals surface area contributed by atoms with Crippen molar-refractivity contribution in [2.75, 3.05) is 0 Å². The van der Waals surface area contributed by atoms with Crippen LogP contribution >= 0.6 is 0 Å². The monoisotopic (exact) mass is 703 g/mol. The van der Waals surface area contributed by atoms with E-state index >= 15 is 0 Å². The molecule has 0 N–H and O–H groups in total. The summed E-state index contributed by atoms with van der Waals surface area (Å²) in [6.45, 7) is 8.35. The zero-order valence-electron chi connectivity index (χ0n) is 30.5. The second kappa shape index (κ2) is 15.0. The second-order valence-electron chi connectivity index (χ2n) is 13.6. The Balaban J connectivity index is 1.19. The predicted octanol–water partition coefficient (Wildman–Crippen LogP) is 10.2. The number of aromatic nitrogens is 9. The first-order chi connectivity index (χ1) is 26.4. The third kappa shape index (κ3) is 7.38. The molecule has 9 heteroatoms. The van der Waals surface area contributed by atoms with Gasteiger partial charge in [-0.15, -0.1) is 0 Å². The van der Waals surface area contributed by atoms with Gasteiger partial charge in [-0.25, -0.2) is 44.9 Å². The highest BCUT2D eigenvalue weighted by Crippen LogP contribution is 2.30. The van der Waals surface area contributed by atoms with Gasteiger partial charge in [0.1, 0.15) is 11.6 Å². The predicted molar refractivity (Wildman–Crippen MR) is 213 cm³/mol. The van der Waals surface area contributed by atoms with Crippen molar-refractivity contribution in [2.45, 2.75) is 39.5 Å². The van der Waals surface area contributed by atoms with Gasteiger partial charge in [-0.05, 0) is 6.07 Å². The van der Waals surface area contributed by atoms with E-state index in [0.29, 0.717) is 40.8 Å². The van der Waals surface area contributed by atoms with Crippen molar-refractivity contribution >= 4 is 0 Å². The van der Waals surface area contributed by atoms with Gasteiger partial charge in [-0.2, -0.15) is 0 Å². The Morgan fingerprint density at radius 2 is 0.500 bits per heavy atom. The molecule has 0 bridgehead atoms. The fraction of sp³-hybridized carbons (Fsp3) is 0.133. The van der Waals surface area contributed by atoms with Crippen molar-refractivity contribution in [2.24, 2.45) is 0 Å². The minimum absolute atomic E-state index is 0.122. The van der Waals surface area contributed by atoms with Crippen LogP contribution in [0.4, 0.5) is 0 Å². The molecule has 8 aromatic rings. The minimum Gasteiger partial charge on any atom is -0.213 e. The van der Waals surface area contributed by atoms with Crippen LogP contribution < -0.4 is 0 Å². The molecule has 0 saturated heterocycles. The van der Waals surface area contributed by atoms with Crippen LogP contribution in [0.5, 0.6) is 0 Å². The van der Waals surface area contributed by atoms with E-state index in [0.717, 1.165) is 50.6 Å². The van der Waals surface area contributed by atoms with E-state index in [1.807, 2.05) is 140 Å². The maximum absolute atomic E-state index is 5.02. The van der Waals surface area contributed by atoms with Crippen LogP contribution in [0.25, 0.3) is 79.7 Å². The largest absolute Gasteiger partial charge is 0.213 e. The Hall–Kier alpha value is -6.87. The lowest BCUT2D eigenvalue weighted by Gasteiger charge is -2.12. The zero-order chi connectivity index (χ0) is 37.0. The summed E-state index contributed by atoms with van der Waals surface area (Å²) in [4.78, 5) is 44.0. The molecule has 0 fully saturated rings. The van der Waals surface area contributed by atoms with Crippen LogP contribution in [0.1, 0.15) is 51.2 Å². The first-order valence-corrected chi connectivity index (χ1v) is 18.0. The van der Waals surface area contributed by atoms with Crippen LogP contribution in [0, 0.1) is 0 Å². The first-order valence-electron chi connectivity index (χ1n) is 18.0. The van der Waals surface area contributed by atoms with E-state index in [1.165, 1.54) is 0 Å². The molecule has 0 amide bonds. The summed E-state index contributed by atoms with van der Waals surface area (Å²) in [5.41, 5.74) is 6.14. The Morgan fingerprint density at radius 3 is 0.815 bits per heavy atom. The average molecular weight is 704 g/mol. The Labute approximate surface area is 314 Å². The van der Waals surface area contributed by atoms with Gasteiger partial charge in [0.15, 0.2) is 40.8 Å². The zero-order valence-corrected chi connectivity index (χ0v) is 30.5. The summed E-state index contributed by atoms with van der Waals surface area (Å²) in [5.74, 6) is 5.90. The molecular weight excluding hydrogens is 667 g/mol. The van der Waals surface area contributed by atoms with Crippen LogP contribution in [-0.4, -0.2) is 44.9 Å². The molecule has 9 nitrogen and oxygen atoms in total. The molecule has 5 aromatic carbocycles. The molecule has 0 unspecified atom stereocenters. The molecule has 0 atom stereocenters. The molecular formula is C45H37N9. The number of rotatable bonds is 9. The van der Waals surface area contributed by atoms with Gasteiger partial charge >= 0.3 is 0 Å². The fourth-order valence-corrected chi connectivity index (χ4v) is 5.91. The van der Waals surface area contributed by atoms with Crippen LogP contribution in [0.15, 0.2) is 140 Å². The lowest BCUT2D eigenvalue weighted by Crippen LogP contribution is -2.05. The molecule has 3 heterocycles. The summed E-state index contributed by atoms with van der Waals surface area (Å²) in [6, 6.07) is 46.0. The molecule has 0 radical (unpaired) electrons. The number of hydrogen-bond donors (Lipinski definition) is 0. The van der Waals surface area contributed by atoms with E-state index in [9.17, 15) is 0 Å². The highest BCUT2D eigenvalue weighted by molar-refractivity contribution is 5.72. The molecule has 3 aromatic heterocycles. The van der Waals surface area contributed by atoms with E-state index in [1.54, 1.807) is 0 Å². The summed E-state index contributed by atoms with van der Waals surface area (Å²) in [5, 5.41) is 0. The quantitative estimate of drug-likeness (QED) is 0.145. The SMILES string of the molecule is CC(C)c1nc(-c2ccccc2)nc(-c2ccc(-c3nc(-c4ccccc4)nc(-c4cccc(-c5nc(-c6ccccc6)nc(C(C)C)n5)c4)n3)cc2)n1. The van der Waals surface area contributed by atoms with Gasteiger partial charge in [-0.1, -0.05) is 161 Å². The standard InChI is InChI=1S/C45H37N9/c1-28(2)37-46-39(30-15-8-5-9-16-30)50-42(48-37)33-23-25-34(26-24-33)43-51-41(32-19-12-7-13-20-32)53-45(54-43)36-22-14-21-35(27-36)44-49-38(29(3)4)47-40(52-44)31-17-10-6-11-18-31/h5-29H,1-4H3. The highest BCUT2D eigenvalue weighted by Gasteiger charge is 2.17. The van der Waals surface area contributed by atoms with E-state index in [4.69, 9.17) is 44.9 Å². The van der Waals surface area contributed by atoms with Crippen molar-refractivity contribution in [3.8, 4) is 79.7 Å². The molecule has 0 aliphatic carbocycles. The average Bonchev–Trinajstić information content (AvgIpc) is 3.24. The number of hydrogen-bond acceptors (Lipinski definition) is 9. The Morgan fingerprint density at radius 1 is 0.259 bits per heavy atom. The van der Waals surface area contributed by atoms with Gasteiger partial charge in [-0.3, -0.25) is 0 Å². The van der Waals surface area contributed by atoms with Crippen LogP contribution in [-0.2, 0) is 0 Å². The third-order valence-corrected chi connectivity index (χ3v) is 8.85. The van der Waals surface area contributed by atoms with Crippen molar-refractivity contribution in [1.82, 2.24) is 44.9 Å². The summed E-state index contributed by atoms with van der Waals surface area (Å²) in [6.07, 6.45) is 0. The smallest absolute Gasteiger partial charge is 0.164 e. The van der Waals surface area contributed by atoms with Crippen molar-refractivity contribution in [3.63, 3.8) is 0 Å². The van der Waals surface area contributed by atoms with Gasteiger partial charge < -0.3 is 0 Å². The maximum Gasteiger partial charge on any atom is 0.164 e. The van der Waals surface area contributed by atoms with Crippen molar-refractivity contribution in [1.29, 1.82) is 0 Å². The Kier molecular flexibility index (Phi) is 9.51. The minimum atomic E-state index is 0.122. The summed E-state index contributed by atoms with van der Waals surface area (Å²) in [7, 11) is 0. The highest BCUT2D eigenvalue weighted by atomic mass is 15.1. The van der Waals surface area contributed by atoms with E-state index < -0.39 is 0 Å². The van der Waals surface area contributed by atoms with Crippen LogP contribution in [0.2, 0.25) is 0 Å². The topological polar surface area (TPSA) is 116 Å². The maximum atomic E-state index is 5.02. The lowest BCUT2D eigenvalue weighted by molar-refractivity contribution is 0.766. The summed E-state index contributed by atoms with van der Waals surface area (Å²) >= 11 is 0. The van der Waals surface area contributed by atoms with Gasteiger partial charge in [0.25, 0.3) is 0 Å². The second-order valence-corrected chi connectivity index (χ2v) is 13.6. The Bertz CT molecular complexity index is 2540. The van der Waals surface area contributed by atoms with Gasteiger partial charge in [0, 0.05) is 50.8 Å². The molecule has 54 heavy (non-hydrogen) atoms. The lowest BCUT2D eigenvalue weighted by atomic mass is 10.1. The molecule has 0 saturated carbocycles. The van der Waals surface area contributed by atoms with Crippen molar-refractivity contribution < 1.29 is 0 Å². The van der Waals surface area contributed by atoms with E-state index in [2.05, 4.69) is 27.7 Å². The number of benzene rings is 5. The number of nitrogens with zero attached hydrogens (tertiary/aromatic N) is 9. The molecule has 8 rings (SSSR count). The fourth-order valence-electron chi connectivity index (χ4n) is 5.91.